The number of hydrogen-bond acceptors (Lipinski definition) is 3. The van der Waals surface area contributed by atoms with Crippen molar-refractivity contribution in [3.05, 3.63) is 18.0 Å². The van der Waals surface area contributed by atoms with Gasteiger partial charge in [0, 0.05) is 13.6 Å². The summed E-state index contributed by atoms with van der Waals surface area (Å²) >= 11 is 0. The molecule has 18 heavy (non-hydrogen) atoms. The predicted octanol–water partition coefficient (Wildman–Crippen LogP) is 2.92. The van der Waals surface area contributed by atoms with E-state index >= 15 is 0 Å². The smallest absolute Gasteiger partial charge is 0.396 e. The molecule has 2 N–H and O–H groups in total. The van der Waals surface area contributed by atoms with Crippen LogP contribution in [0.4, 0.5) is 24.5 Å². The molecule has 1 aliphatic rings. The normalized spacial score (nSPS) is 16.4. The van der Waals surface area contributed by atoms with Gasteiger partial charge >= 0.3 is 6.18 Å². The highest BCUT2D eigenvalue weighted by Crippen LogP contribution is 2.34. The van der Waals surface area contributed by atoms with Crippen molar-refractivity contribution in [2.75, 3.05) is 24.2 Å². The standard InChI is InChI=1S/C12H16F3N3/c1-18(7-8-3-2-4-8)10-5-11(12(13,14)15)17-6-9(10)16/h5-6,8H,2-4,7,16H2,1H3. The summed E-state index contributed by atoms with van der Waals surface area (Å²) in [5.74, 6) is 0.567. The number of nitrogens with two attached hydrogens (primary N) is 1. The van der Waals surface area contributed by atoms with Crippen molar-refractivity contribution < 1.29 is 13.2 Å². The summed E-state index contributed by atoms with van der Waals surface area (Å²) in [6.45, 7) is 0.742. The van der Waals surface area contributed by atoms with Crippen LogP contribution in [-0.4, -0.2) is 18.6 Å². The fraction of sp³-hybridized carbons (Fsp3) is 0.583. The summed E-state index contributed by atoms with van der Waals surface area (Å²) in [6, 6.07) is 1.02. The Morgan fingerprint density at radius 1 is 1.44 bits per heavy atom. The molecule has 6 heteroatoms. The van der Waals surface area contributed by atoms with E-state index in [1.54, 1.807) is 11.9 Å². The van der Waals surface area contributed by atoms with E-state index in [0.29, 0.717) is 11.6 Å². The number of alkyl halides is 3. The van der Waals surface area contributed by atoms with E-state index in [2.05, 4.69) is 4.98 Å². The van der Waals surface area contributed by atoms with Crippen LogP contribution in [-0.2, 0) is 6.18 Å². The van der Waals surface area contributed by atoms with Gasteiger partial charge in [-0.3, -0.25) is 0 Å². The van der Waals surface area contributed by atoms with Crippen LogP contribution >= 0.6 is 0 Å². The van der Waals surface area contributed by atoms with Gasteiger partial charge in [0.1, 0.15) is 5.69 Å². The summed E-state index contributed by atoms with van der Waals surface area (Å²) in [7, 11) is 1.77. The zero-order valence-corrected chi connectivity index (χ0v) is 10.2. The summed E-state index contributed by atoms with van der Waals surface area (Å²) in [5, 5.41) is 0. The Kier molecular flexibility index (Phi) is 3.36. The van der Waals surface area contributed by atoms with Crippen molar-refractivity contribution >= 4 is 11.4 Å². The first kappa shape index (κ1) is 13.0. The molecule has 0 saturated heterocycles. The lowest BCUT2D eigenvalue weighted by Crippen LogP contribution is -2.30. The van der Waals surface area contributed by atoms with Gasteiger partial charge in [0.2, 0.25) is 0 Å². The third-order valence-corrected chi connectivity index (χ3v) is 3.37. The van der Waals surface area contributed by atoms with Gasteiger partial charge in [-0.2, -0.15) is 13.2 Å². The summed E-state index contributed by atoms with van der Waals surface area (Å²) < 4.78 is 37.7. The molecule has 1 fully saturated rings. The first-order valence-corrected chi connectivity index (χ1v) is 5.92. The van der Waals surface area contributed by atoms with Crippen LogP contribution in [0.2, 0.25) is 0 Å². The Balaban J connectivity index is 2.19. The van der Waals surface area contributed by atoms with Gasteiger partial charge in [-0.05, 0) is 24.8 Å². The molecular weight excluding hydrogens is 243 g/mol. The SMILES string of the molecule is CN(CC1CCC1)c1cc(C(F)(F)F)ncc1N. The molecular formula is C12H16F3N3. The van der Waals surface area contributed by atoms with E-state index in [9.17, 15) is 13.2 Å². The van der Waals surface area contributed by atoms with Crippen molar-refractivity contribution in [2.24, 2.45) is 5.92 Å². The van der Waals surface area contributed by atoms with Crippen LogP contribution in [0.25, 0.3) is 0 Å². The van der Waals surface area contributed by atoms with Gasteiger partial charge in [0.15, 0.2) is 0 Å². The van der Waals surface area contributed by atoms with E-state index in [-0.39, 0.29) is 5.69 Å². The Morgan fingerprint density at radius 3 is 2.61 bits per heavy atom. The fourth-order valence-corrected chi connectivity index (χ4v) is 2.10. The Hall–Kier alpha value is -1.46. The molecule has 0 radical (unpaired) electrons. The largest absolute Gasteiger partial charge is 0.433 e. The highest BCUT2D eigenvalue weighted by molar-refractivity contribution is 5.66. The summed E-state index contributed by atoms with van der Waals surface area (Å²) in [4.78, 5) is 5.12. The second kappa shape index (κ2) is 4.66. The second-order valence-electron chi connectivity index (χ2n) is 4.80. The lowest BCUT2D eigenvalue weighted by molar-refractivity contribution is -0.141. The molecule has 0 bridgehead atoms. The number of aromatic nitrogens is 1. The first-order valence-electron chi connectivity index (χ1n) is 5.92. The van der Waals surface area contributed by atoms with Gasteiger partial charge in [0.05, 0.1) is 17.6 Å². The molecule has 0 amide bonds. The maximum atomic E-state index is 12.6. The minimum Gasteiger partial charge on any atom is -0.396 e. The third kappa shape index (κ3) is 2.68. The van der Waals surface area contributed by atoms with E-state index in [0.717, 1.165) is 31.6 Å². The summed E-state index contributed by atoms with van der Waals surface area (Å²) in [5.41, 5.74) is 5.49. The Morgan fingerprint density at radius 2 is 2.11 bits per heavy atom. The molecule has 1 aromatic heterocycles. The quantitative estimate of drug-likeness (QED) is 0.907. The van der Waals surface area contributed by atoms with Gasteiger partial charge in [0.25, 0.3) is 0 Å². The number of nitrogens with zero attached hydrogens (tertiary/aromatic N) is 2. The topological polar surface area (TPSA) is 42.2 Å². The van der Waals surface area contributed by atoms with Crippen LogP contribution in [0.1, 0.15) is 25.0 Å². The monoisotopic (exact) mass is 259 g/mol. The van der Waals surface area contributed by atoms with Gasteiger partial charge in [-0.15, -0.1) is 0 Å². The number of nitrogen functional groups attached to an aromatic ring is 1. The molecule has 1 aromatic rings. The maximum Gasteiger partial charge on any atom is 0.433 e. The van der Waals surface area contributed by atoms with Gasteiger partial charge in [-0.1, -0.05) is 6.42 Å². The van der Waals surface area contributed by atoms with Crippen molar-refractivity contribution in [2.45, 2.75) is 25.4 Å². The average molecular weight is 259 g/mol. The first-order chi connectivity index (χ1) is 8.38. The molecule has 0 unspecified atom stereocenters. The van der Waals surface area contributed by atoms with Gasteiger partial charge in [-0.25, -0.2) is 4.98 Å². The van der Waals surface area contributed by atoms with Crippen LogP contribution < -0.4 is 10.6 Å². The van der Waals surface area contributed by atoms with Crippen molar-refractivity contribution in [1.82, 2.24) is 4.98 Å². The number of hydrogen-bond donors (Lipinski definition) is 1. The molecule has 1 saturated carbocycles. The average Bonchev–Trinajstić information content (AvgIpc) is 2.22. The molecule has 2 rings (SSSR count). The molecule has 0 spiro atoms. The lowest BCUT2D eigenvalue weighted by atomic mass is 9.85. The second-order valence-corrected chi connectivity index (χ2v) is 4.80. The number of halogens is 3. The van der Waals surface area contributed by atoms with Crippen molar-refractivity contribution in [3.8, 4) is 0 Å². The number of anilines is 2. The van der Waals surface area contributed by atoms with Crippen molar-refractivity contribution in [3.63, 3.8) is 0 Å². The fourth-order valence-electron chi connectivity index (χ4n) is 2.10. The number of rotatable bonds is 3. The van der Waals surface area contributed by atoms with E-state index in [4.69, 9.17) is 5.73 Å². The highest BCUT2D eigenvalue weighted by Gasteiger charge is 2.33. The molecule has 0 aliphatic heterocycles. The molecule has 0 aromatic carbocycles. The van der Waals surface area contributed by atoms with Crippen LogP contribution in [0.5, 0.6) is 0 Å². The van der Waals surface area contributed by atoms with E-state index in [1.165, 1.54) is 6.42 Å². The molecule has 1 heterocycles. The molecule has 0 atom stereocenters. The maximum absolute atomic E-state index is 12.6. The van der Waals surface area contributed by atoms with E-state index < -0.39 is 11.9 Å². The lowest BCUT2D eigenvalue weighted by Gasteiger charge is -2.32. The molecule has 3 nitrogen and oxygen atoms in total. The molecule has 1 aliphatic carbocycles. The minimum atomic E-state index is -4.43. The third-order valence-electron chi connectivity index (χ3n) is 3.37. The van der Waals surface area contributed by atoms with Crippen molar-refractivity contribution in [1.29, 1.82) is 0 Å². The highest BCUT2D eigenvalue weighted by atomic mass is 19.4. The van der Waals surface area contributed by atoms with Crippen LogP contribution in [0, 0.1) is 5.92 Å². The zero-order chi connectivity index (χ0) is 13.3. The Bertz CT molecular complexity index is 427. The van der Waals surface area contributed by atoms with E-state index in [1.807, 2.05) is 0 Å². The van der Waals surface area contributed by atoms with Gasteiger partial charge < -0.3 is 10.6 Å². The molecule has 100 valence electrons. The Labute approximate surface area is 104 Å². The zero-order valence-electron chi connectivity index (χ0n) is 10.2. The van der Waals surface area contributed by atoms with Crippen LogP contribution in [0.15, 0.2) is 12.3 Å². The number of pyridine rings is 1. The van der Waals surface area contributed by atoms with Crippen LogP contribution in [0.3, 0.4) is 0 Å². The predicted molar refractivity (Wildman–Crippen MR) is 64.3 cm³/mol. The minimum absolute atomic E-state index is 0.282. The summed E-state index contributed by atoms with van der Waals surface area (Å²) in [6.07, 6.45) is 0.135.